The Morgan fingerprint density at radius 3 is 0.920 bits per heavy atom. The van der Waals surface area contributed by atoms with Gasteiger partial charge >= 0.3 is 0 Å². The van der Waals surface area contributed by atoms with E-state index in [1.54, 1.807) is 24.3 Å². The fourth-order valence-electron chi connectivity index (χ4n) is 5.46. The van der Waals surface area contributed by atoms with Gasteiger partial charge in [-0.2, -0.15) is 0 Å². The van der Waals surface area contributed by atoms with Crippen molar-refractivity contribution < 1.29 is 9.59 Å². The number of carbonyl (C=O) groups excluding carboxylic acids is 2. The molecule has 254 valence electrons. The van der Waals surface area contributed by atoms with Crippen molar-refractivity contribution in [1.82, 2.24) is 23.2 Å². The Bertz CT molecular complexity index is 2740. The lowest BCUT2D eigenvalue weighted by atomic mass is 10.1. The Labute approximate surface area is 279 Å². The van der Waals surface area contributed by atoms with Crippen LogP contribution in [0.15, 0.2) is 86.9 Å². The first-order valence-electron chi connectivity index (χ1n) is 14.9. The van der Waals surface area contributed by atoms with Crippen LogP contribution in [-0.2, 0) is 30.7 Å². The summed E-state index contributed by atoms with van der Waals surface area (Å²) in [7, 11) is 5.56. The van der Waals surface area contributed by atoms with Crippen molar-refractivity contribution in [3.63, 3.8) is 0 Å². The molecule has 0 aliphatic rings. The molecule has 0 radical (unpaired) electrons. The van der Waals surface area contributed by atoms with Crippen LogP contribution in [0.3, 0.4) is 0 Å². The van der Waals surface area contributed by atoms with Crippen molar-refractivity contribution >= 4 is 54.9 Å². The fourth-order valence-corrected chi connectivity index (χ4v) is 5.46. The predicted molar refractivity (Wildman–Crippen MR) is 188 cm³/mol. The summed E-state index contributed by atoms with van der Waals surface area (Å²) < 4.78 is 3.99. The van der Waals surface area contributed by atoms with E-state index in [0.717, 1.165) is 28.7 Å². The molecule has 7 aromatic rings. The summed E-state index contributed by atoms with van der Waals surface area (Å²) in [6.07, 6.45) is 0. The third-order valence-corrected chi connectivity index (χ3v) is 8.63. The van der Waals surface area contributed by atoms with Crippen molar-refractivity contribution in [2.75, 3.05) is 7.05 Å². The second-order valence-corrected chi connectivity index (χ2v) is 11.8. The Morgan fingerprint density at radius 1 is 0.460 bits per heavy atom. The minimum atomic E-state index is -0.489. The van der Waals surface area contributed by atoms with Crippen LogP contribution < -0.4 is 44.5 Å². The summed E-state index contributed by atoms with van der Waals surface area (Å²) in [6, 6.07) is 12.4. The molecule has 0 bridgehead atoms. The molecule has 50 heavy (non-hydrogen) atoms. The molecule has 0 atom stereocenters. The quantitative estimate of drug-likeness (QED) is 0.223. The molecule has 0 saturated carbocycles. The lowest BCUT2D eigenvalue weighted by Crippen LogP contribution is -2.28. The van der Waals surface area contributed by atoms with Crippen LogP contribution in [0.5, 0.6) is 0 Å². The molecule has 0 spiro atoms. The van der Waals surface area contributed by atoms with Gasteiger partial charge in [-0.1, -0.05) is 17.7 Å². The van der Waals surface area contributed by atoms with Gasteiger partial charge in [0.25, 0.3) is 44.5 Å². The average molecular weight is 680 g/mol. The zero-order valence-corrected chi connectivity index (χ0v) is 27.9. The Kier molecular flexibility index (Phi) is 8.62. The van der Waals surface area contributed by atoms with Crippen molar-refractivity contribution in [3.05, 3.63) is 137 Å². The number of imide groups is 1. The highest BCUT2D eigenvalue weighted by atomic mass is 16.2. The Morgan fingerprint density at radius 2 is 0.700 bits per heavy atom. The van der Waals surface area contributed by atoms with Gasteiger partial charge in [-0.3, -0.25) is 66.5 Å². The van der Waals surface area contributed by atoms with Gasteiger partial charge in [0.15, 0.2) is 0 Å². The molecular formula is C35H29N5O10. The second kappa shape index (κ2) is 12.4. The first kappa shape index (κ1) is 34.7. The van der Waals surface area contributed by atoms with E-state index in [4.69, 9.17) is 0 Å². The summed E-state index contributed by atoms with van der Waals surface area (Å²) in [5, 5.41) is 1.33. The van der Waals surface area contributed by atoms with Gasteiger partial charge in [-0.25, -0.2) is 4.57 Å². The zero-order valence-electron chi connectivity index (χ0n) is 27.9. The van der Waals surface area contributed by atoms with E-state index in [-0.39, 0.29) is 54.9 Å². The first-order valence-corrected chi connectivity index (χ1v) is 14.9. The third kappa shape index (κ3) is 5.43. The molecule has 0 unspecified atom stereocenters. The lowest BCUT2D eigenvalue weighted by Gasteiger charge is -2.07. The van der Waals surface area contributed by atoms with Crippen molar-refractivity contribution in [3.8, 4) is 5.69 Å². The molecule has 2 amide bonds. The minimum absolute atomic E-state index is 0.149. The molecule has 15 heteroatoms. The van der Waals surface area contributed by atoms with Gasteiger partial charge in [0.05, 0.1) is 48.8 Å². The highest BCUT2D eigenvalue weighted by Gasteiger charge is 2.19. The number of aryl methyl sites for hydroxylation is 1. The third-order valence-electron chi connectivity index (χ3n) is 8.63. The van der Waals surface area contributed by atoms with Gasteiger partial charge in [0, 0.05) is 42.0 Å². The van der Waals surface area contributed by atoms with Crippen molar-refractivity contribution in [1.29, 1.82) is 0 Å². The molecule has 0 N–H and O–H groups in total. The molecule has 4 aromatic heterocycles. The normalized spacial score (nSPS) is 11.1. The van der Waals surface area contributed by atoms with Crippen LogP contribution in [0.2, 0.25) is 0 Å². The van der Waals surface area contributed by atoms with Gasteiger partial charge in [0.2, 0.25) is 11.8 Å². The SMILES string of the molecule is CC(=O)N(C)C(C)=O.Cc1ccc(-n2c(=O)c3cc4c(=O)n(C)c(=O)c4cc3c2=O)cc1.Cn1c(=O)c2cc3c(=O)n(C)c(=O)c3cc2c1=O. The van der Waals surface area contributed by atoms with Crippen LogP contribution in [0.1, 0.15) is 19.4 Å². The minimum Gasteiger partial charge on any atom is -0.286 e. The standard InChI is InChI=1S/C18H12N2O4.C12H8N2O4.C5H9NO2/c1-9-3-5-10(6-4-9)20-17(23)13-7-11-12(8-14(13)18(20)24)16(22)19(2)15(11)21;1-13-9(15)5-3-7-8(4-6(5)10(13)16)12(18)14(2)11(7)17;1-4(7)6(3)5(2)8/h3-8H,1-2H3;3-4H,1-2H3;1-3H3. The van der Waals surface area contributed by atoms with Crippen molar-refractivity contribution in [2.24, 2.45) is 21.1 Å². The molecular weight excluding hydrogens is 650 g/mol. The number of rotatable bonds is 1. The largest absolute Gasteiger partial charge is 0.286 e. The lowest BCUT2D eigenvalue weighted by molar-refractivity contribution is -0.140. The van der Waals surface area contributed by atoms with Crippen molar-refractivity contribution in [2.45, 2.75) is 20.8 Å². The van der Waals surface area contributed by atoms with Crippen LogP contribution in [0, 0.1) is 6.92 Å². The summed E-state index contributed by atoms with van der Waals surface area (Å²) in [5.74, 6) is -0.449. The van der Waals surface area contributed by atoms with Crippen LogP contribution >= 0.6 is 0 Å². The highest BCUT2D eigenvalue weighted by Crippen LogP contribution is 2.16. The van der Waals surface area contributed by atoms with E-state index < -0.39 is 44.5 Å². The first-order chi connectivity index (χ1) is 23.4. The second-order valence-electron chi connectivity index (χ2n) is 11.8. The number of hydrogen-bond donors (Lipinski definition) is 0. The Hall–Kier alpha value is -6.64. The summed E-state index contributed by atoms with van der Waals surface area (Å²) >= 11 is 0. The number of amides is 2. The number of aromatic nitrogens is 4. The van der Waals surface area contributed by atoms with E-state index in [0.29, 0.717) is 5.69 Å². The zero-order chi connectivity index (χ0) is 37.1. The summed E-state index contributed by atoms with van der Waals surface area (Å²) in [6.45, 7) is 4.60. The number of fused-ring (bicyclic) bond motifs is 4. The Balaban J connectivity index is 0.000000165. The molecule has 0 aliphatic carbocycles. The molecule has 0 fully saturated rings. The van der Waals surface area contributed by atoms with E-state index in [2.05, 4.69) is 0 Å². The maximum atomic E-state index is 12.7. The van der Waals surface area contributed by atoms with E-state index in [1.807, 2.05) is 6.92 Å². The van der Waals surface area contributed by atoms with Gasteiger partial charge in [0.1, 0.15) is 0 Å². The molecule has 15 nitrogen and oxygen atoms in total. The molecule has 4 heterocycles. The molecule has 0 saturated heterocycles. The molecule has 0 aliphatic heterocycles. The molecule has 3 aromatic carbocycles. The van der Waals surface area contributed by atoms with Gasteiger partial charge in [-0.05, 0) is 43.3 Å². The number of benzene rings is 3. The van der Waals surface area contributed by atoms with Crippen LogP contribution in [0.25, 0.3) is 48.8 Å². The number of hydrogen-bond acceptors (Lipinski definition) is 10. The number of nitrogens with zero attached hydrogens (tertiary/aromatic N) is 5. The van der Waals surface area contributed by atoms with Gasteiger partial charge < -0.3 is 0 Å². The van der Waals surface area contributed by atoms with E-state index in [9.17, 15) is 47.9 Å². The topological polar surface area (TPSA) is 194 Å². The van der Waals surface area contributed by atoms with Gasteiger partial charge in [-0.15, -0.1) is 0 Å². The fraction of sp³-hybridized carbons (Fsp3) is 0.200. The maximum Gasteiger partial charge on any atom is 0.266 e. The highest BCUT2D eigenvalue weighted by molar-refractivity contribution is 5.99. The summed E-state index contributed by atoms with van der Waals surface area (Å²) in [5.41, 5.74) is -2.25. The number of carbonyl (C=O) groups is 2. The molecule has 7 rings (SSSR count). The van der Waals surface area contributed by atoms with Crippen LogP contribution in [-0.4, -0.2) is 42.0 Å². The maximum absolute atomic E-state index is 12.7. The summed E-state index contributed by atoms with van der Waals surface area (Å²) in [4.78, 5) is 118. The smallest absolute Gasteiger partial charge is 0.266 e. The van der Waals surface area contributed by atoms with Crippen LogP contribution in [0.4, 0.5) is 0 Å². The predicted octanol–water partition coefficient (Wildman–Crippen LogP) is -0.255. The van der Waals surface area contributed by atoms with E-state index in [1.165, 1.54) is 66.3 Å². The average Bonchev–Trinajstić information content (AvgIpc) is 3.64. The monoisotopic (exact) mass is 679 g/mol. The van der Waals surface area contributed by atoms with E-state index >= 15 is 0 Å².